The van der Waals surface area contributed by atoms with E-state index in [0.29, 0.717) is 12.1 Å². The molecule has 0 radical (unpaired) electrons. The van der Waals surface area contributed by atoms with Gasteiger partial charge in [0.1, 0.15) is 0 Å². The number of nitrogens with zero attached hydrogens (tertiary/aromatic N) is 1. The van der Waals surface area contributed by atoms with Crippen molar-refractivity contribution in [2.45, 2.75) is 71.5 Å². The van der Waals surface area contributed by atoms with E-state index in [9.17, 15) is 4.79 Å². The van der Waals surface area contributed by atoms with Crippen molar-refractivity contribution in [1.82, 2.24) is 21.1 Å². The van der Waals surface area contributed by atoms with E-state index in [1.165, 1.54) is 6.42 Å². The average molecular weight is 298 g/mol. The van der Waals surface area contributed by atoms with Gasteiger partial charge in [0.2, 0.25) is 5.91 Å². The molecular formula is C16H34N4O. The number of hydrazine groups is 1. The molecule has 1 heterocycles. The van der Waals surface area contributed by atoms with Crippen LogP contribution in [0.25, 0.3) is 0 Å². The zero-order chi connectivity index (χ0) is 16.0. The van der Waals surface area contributed by atoms with Crippen molar-refractivity contribution in [2.24, 2.45) is 5.92 Å². The second-order valence-electron chi connectivity index (χ2n) is 6.84. The van der Waals surface area contributed by atoms with E-state index in [-0.39, 0.29) is 17.4 Å². The summed E-state index contributed by atoms with van der Waals surface area (Å²) in [5, 5.41) is 8.67. The topological polar surface area (TPSA) is 56.4 Å². The van der Waals surface area contributed by atoms with Gasteiger partial charge in [-0.1, -0.05) is 13.8 Å². The molecule has 5 heteroatoms. The van der Waals surface area contributed by atoms with E-state index < -0.39 is 0 Å². The highest BCUT2D eigenvalue weighted by molar-refractivity contribution is 5.79. The van der Waals surface area contributed by atoms with E-state index in [1.807, 2.05) is 20.9 Å². The lowest BCUT2D eigenvalue weighted by Gasteiger charge is -2.31. The van der Waals surface area contributed by atoms with Gasteiger partial charge in [-0.2, -0.15) is 0 Å². The molecule has 0 aromatic carbocycles. The molecule has 0 aromatic heterocycles. The Kier molecular flexibility index (Phi) is 7.10. The van der Waals surface area contributed by atoms with Crippen molar-refractivity contribution in [2.75, 3.05) is 20.1 Å². The second-order valence-corrected chi connectivity index (χ2v) is 6.84. The van der Waals surface area contributed by atoms with Crippen molar-refractivity contribution in [1.29, 1.82) is 0 Å². The Labute approximate surface area is 130 Å². The first-order valence-corrected chi connectivity index (χ1v) is 8.39. The average Bonchev–Trinajstić information content (AvgIpc) is 3.09. The quantitative estimate of drug-likeness (QED) is 0.739. The van der Waals surface area contributed by atoms with Crippen LogP contribution in [0.4, 0.5) is 0 Å². The number of hydrogen-bond acceptors (Lipinski definition) is 4. The van der Waals surface area contributed by atoms with E-state index in [2.05, 4.69) is 41.8 Å². The molecule has 2 fully saturated rings. The monoisotopic (exact) mass is 298 g/mol. The Morgan fingerprint density at radius 3 is 2.29 bits per heavy atom. The molecular weight excluding hydrogens is 264 g/mol. The van der Waals surface area contributed by atoms with Crippen molar-refractivity contribution >= 4 is 5.91 Å². The van der Waals surface area contributed by atoms with Gasteiger partial charge in [-0.3, -0.25) is 10.2 Å². The van der Waals surface area contributed by atoms with Crippen LogP contribution in [0, 0.1) is 5.92 Å². The van der Waals surface area contributed by atoms with E-state index in [4.69, 9.17) is 0 Å². The molecule has 3 unspecified atom stereocenters. The van der Waals surface area contributed by atoms with Crippen LogP contribution >= 0.6 is 0 Å². The summed E-state index contributed by atoms with van der Waals surface area (Å²) in [4.78, 5) is 12.3. The molecule has 3 N–H and O–H groups in total. The Morgan fingerprint density at radius 1 is 1.19 bits per heavy atom. The first-order chi connectivity index (χ1) is 9.90. The molecule has 1 aliphatic heterocycles. The van der Waals surface area contributed by atoms with Gasteiger partial charge in [-0.05, 0) is 47.1 Å². The summed E-state index contributed by atoms with van der Waals surface area (Å²) in [6.07, 6.45) is 3.32. The fraction of sp³-hybridized carbons (Fsp3) is 0.938. The van der Waals surface area contributed by atoms with Gasteiger partial charge in [-0.15, -0.1) is 0 Å². The Balaban J connectivity index is 0.00000106. The molecule has 0 bridgehead atoms. The first kappa shape index (κ1) is 18.4. The van der Waals surface area contributed by atoms with Crippen LogP contribution in [0.2, 0.25) is 0 Å². The van der Waals surface area contributed by atoms with Crippen molar-refractivity contribution in [3.8, 4) is 0 Å². The Bertz CT molecular complexity index is 327. The molecule has 2 rings (SSSR count). The van der Waals surface area contributed by atoms with E-state index >= 15 is 0 Å². The standard InChI is InChI=1S/C14H28N4O.C2H6/c1-14(2,3)18-9-10(8-16-18)13(19)17-12-6-5-11(7-12)15-4;1-2/h10-12,15-16H,5-9H2,1-4H3,(H,17,19);1-2H3. The number of carbonyl (C=O) groups is 1. The molecule has 1 amide bonds. The third-order valence-electron chi connectivity index (χ3n) is 4.30. The number of nitrogens with one attached hydrogen (secondary N) is 3. The molecule has 3 atom stereocenters. The van der Waals surface area contributed by atoms with Crippen molar-refractivity contribution < 1.29 is 4.79 Å². The third-order valence-corrected chi connectivity index (χ3v) is 4.30. The highest BCUT2D eigenvalue weighted by Gasteiger charge is 2.35. The Morgan fingerprint density at radius 2 is 1.81 bits per heavy atom. The van der Waals surface area contributed by atoms with Crippen LogP contribution in [-0.2, 0) is 4.79 Å². The summed E-state index contributed by atoms with van der Waals surface area (Å²) in [7, 11) is 2.00. The molecule has 0 spiro atoms. The largest absolute Gasteiger partial charge is 0.353 e. The van der Waals surface area contributed by atoms with Gasteiger partial charge in [0, 0.05) is 30.7 Å². The highest BCUT2D eigenvalue weighted by Crippen LogP contribution is 2.21. The van der Waals surface area contributed by atoms with Gasteiger partial charge in [0.05, 0.1) is 5.92 Å². The summed E-state index contributed by atoms with van der Waals surface area (Å²) in [6.45, 7) is 12.0. The summed E-state index contributed by atoms with van der Waals surface area (Å²) < 4.78 is 0. The maximum atomic E-state index is 12.3. The van der Waals surface area contributed by atoms with Gasteiger partial charge >= 0.3 is 0 Å². The number of carbonyl (C=O) groups excluding carboxylic acids is 1. The maximum absolute atomic E-state index is 12.3. The molecule has 1 aliphatic carbocycles. The number of rotatable bonds is 3. The van der Waals surface area contributed by atoms with Gasteiger partial charge < -0.3 is 10.6 Å². The Hall–Kier alpha value is -0.650. The smallest absolute Gasteiger partial charge is 0.226 e. The van der Waals surface area contributed by atoms with Crippen LogP contribution in [0.15, 0.2) is 0 Å². The van der Waals surface area contributed by atoms with Gasteiger partial charge in [0.25, 0.3) is 0 Å². The first-order valence-electron chi connectivity index (χ1n) is 8.39. The summed E-state index contributed by atoms with van der Waals surface area (Å²) >= 11 is 0. The molecule has 2 aliphatic rings. The molecule has 124 valence electrons. The number of amides is 1. The lowest BCUT2D eigenvalue weighted by Crippen LogP contribution is -2.46. The molecule has 21 heavy (non-hydrogen) atoms. The minimum absolute atomic E-state index is 0.0691. The molecule has 1 saturated carbocycles. The zero-order valence-electron chi connectivity index (χ0n) is 14.6. The van der Waals surface area contributed by atoms with Crippen LogP contribution in [0.5, 0.6) is 0 Å². The van der Waals surface area contributed by atoms with Crippen LogP contribution in [0.1, 0.15) is 53.9 Å². The van der Waals surface area contributed by atoms with Crippen LogP contribution in [-0.4, -0.2) is 48.7 Å². The minimum atomic E-state index is 0.0691. The zero-order valence-corrected chi connectivity index (χ0v) is 14.6. The molecule has 5 nitrogen and oxygen atoms in total. The van der Waals surface area contributed by atoms with Crippen molar-refractivity contribution in [3.05, 3.63) is 0 Å². The predicted molar refractivity (Wildman–Crippen MR) is 87.9 cm³/mol. The lowest BCUT2D eigenvalue weighted by molar-refractivity contribution is -0.125. The van der Waals surface area contributed by atoms with Crippen molar-refractivity contribution in [3.63, 3.8) is 0 Å². The SMILES string of the molecule is CC.CNC1CCC(NC(=O)C2CNN(C(C)(C)C)C2)C1. The third kappa shape index (κ3) is 5.24. The summed E-state index contributed by atoms with van der Waals surface area (Å²) in [6, 6.07) is 0.923. The highest BCUT2D eigenvalue weighted by atomic mass is 16.2. The fourth-order valence-electron chi connectivity index (χ4n) is 2.95. The summed E-state index contributed by atoms with van der Waals surface area (Å²) in [5.74, 6) is 0.286. The maximum Gasteiger partial charge on any atom is 0.226 e. The van der Waals surface area contributed by atoms with E-state index in [1.54, 1.807) is 0 Å². The second kappa shape index (κ2) is 8.11. The van der Waals surface area contributed by atoms with E-state index in [0.717, 1.165) is 25.9 Å². The fourth-order valence-corrected chi connectivity index (χ4v) is 2.95. The lowest BCUT2D eigenvalue weighted by atomic mass is 10.1. The number of hydrogen-bond donors (Lipinski definition) is 3. The van der Waals surface area contributed by atoms with Crippen LogP contribution in [0.3, 0.4) is 0 Å². The summed E-state index contributed by atoms with van der Waals surface area (Å²) in [5.41, 5.74) is 3.40. The van der Waals surface area contributed by atoms with Crippen LogP contribution < -0.4 is 16.1 Å². The minimum Gasteiger partial charge on any atom is -0.353 e. The molecule has 0 aromatic rings. The molecule has 1 saturated heterocycles. The van der Waals surface area contributed by atoms with Gasteiger partial charge in [-0.25, -0.2) is 5.01 Å². The normalized spacial score (nSPS) is 29.9. The van der Waals surface area contributed by atoms with Gasteiger partial charge in [0.15, 0.2) is 0 Å². The predicted octanol–water partition coefficient (Wildman–Crippen LogP) is 1.50.